The molecule has 0 aliphatic carbocycles. The van der Waals surface area contributed by atoms with Crippen molar-refractivity contribution in [1.82, 2.24) is 0 Å². The second-order valence-corrected chi connectivity index (χ2v) is 7.56. The molecule has 0 spiro atoms. The van der Waals surface area contributed by atoms with Gasteiger partial charge in [-0.05, 0) is 36.8 Å². The number of unbranched alkanes of at least 4 members (excludes halogenated alkanes) is 4. The van der Waals surface area contributed by atoms with Crippen LogP contribution in [0.5, 0.6) is 0 Å². The minimum absolute atomic E-state index is 0.573. The highest BCUT2D eigenvalue weighted by molar-refractivity contribution is 7.85. The Morgan fingerprint density at radius 3 is 2.50 bits per heavy atom. The van der Waals surface area contributed by atoms with Crippen LogP contribution in [0.4, 0.5) is 11.4 Å². The Labute approximate surface area is 146 Å². The third-order valence-corrected chi connectivity index (χ3v) is 5.92. The van der Waals surface area contributed by atoms with Crippen LogP contribution >= 0.6 is 0 Å². The Hall–Kier alpha value is -1.94. The zero-order valence-corrected chi connectivity index (χ0v) is 14.8. The topological polar surface area (TPSA) is 37.4 Å². The molecule has 4 heteroatoms. The molecule has 1 aliphatic heterocycles. The van der Waals surface area contributed by atoms with Gasteiger partial charge in [0, 0.05) is 12.1 Å². The van der Waals surface area contributed by atoms with E-state index in [-0.39, 0.29) is 0 Å². The first kappa shape index (κ1) is 16.9. The highest BCUT2D eigenvalue weighted by atomic mass is 32.2. The Morgan fingerprint density at radius 2 is 1.71 bits per heavy atom. The first-order valence-corrected chi connectivity index (χ1v) is 9.79. The second kappa shape index (κ2) is 7.75. The SMILES string of the molecule is CCCCCCCN1c2ccccc2S(=O)c2cc(C=O)ccc21. The summed E-state index contributed by atoms with van der Waals surface area (Å²) in [5.74, 6) is 0. The van der Waals surface area contributed by atoms with Gasteiger partial charge < -0.3 is 4.90 Å². The first-order valence-electron chi connectivity index (χ1n) is 8.64. The van der Waals surface area contributed by atoms with E-state index < -0.39 is 10.8 Å². The Bertz CT molecular complexity index is 757. The van der Waals surface area contributed by atoms with Crippen LogP contribution in [-0.2, 0) is 10.8 Å². The van der Waals surface area contributed by atoms with Crippen molar-refractivity contribution >= 4 is 28.5 Å². The molecule has 0 amide bonds. The molecule has 0 saturated heterocycles. The largest absolute Gasteiger partial charge is 0.339 e. The average molecular weight is 341 g/mol. The lowest BCUT2D eigenvalue weighted by molar-refractivity contribution is 0.112. The fourth-order valence-electron chi connectivity index (χ4n) is 3.18. The molecule has 0 aromatic heterocycles. The van der Waals surface area contributed by atoms with Gasteiger partial charge in [0.2, 0.25) is 0 Å². The summed E-state index contributed by atoms with van der Waals surface area (Å²) in [5.41, 5.74) is 2.56. The van der Waals surface area contributed by atoms with E-state index in [1.165, 1.54) is 25.7 Å². The number of hydrogen-bond donors (Lipinski definition) is 0. The maximum Gasteiger partial charge on any atom is 0.150 e. The summed E-state index contributed by atoms with van der Waals surface area (Å²) < 4.78 is 12.9. The van der Waals surface area contributed by atoms with Crippen LogP contribution in [0.25, 0.3) is 0 Å². The van der Waals surface area contributed by atoms with Crippen LogP contribution in [0.2, 0.25) is 0 Å². The number of carbonyl (C=O) groups is 1. The second-order valence-electron chi connectivity index (χ2n) is 6.15. The molecule has 1 unspecified atom stereocenters. The van der Waals surface area contributed by atoms with Crippen LogP contribution in [0.1, 0.15) is 49.4 Å². The lowest BCUT2D eigenvalue weighted by atomic mass is 10.1. The molecule has 126 valence electrons. The molecule has 1 aliphatic rings. The summed E-state index contributed by atoms with van der Waals surface area (Å²) in [4.78, 5) is 14.9. The number of fused-ring (bicyclic) bond motifs is 2. The lowest BCUT2D eigenvalue weighted by Gasteiger charge is -2.32. The van der Waals surface area contributed by atoms with E-state index in [1.807, 2.05) is 30.3 Å². The smallest absolute Gasteiger partial charge is 0.150 e. The van der Waals surface area contributed by atoms with E-state index >= 15 is 0 Å². The van der Waals surface area contributed by atoms with E-state index in [9.17, 15) is 9.00 Å². The maximum absolute atomic E-state index is 12.9. The van der Waals surface area contributed by atoms with Crippen molar-refractivity contribution in [1.29, 1.82) is 0 Å². The number of hydrogen-bond acceptors (Lipinski definition) is 3. The van der Waals surface area contributed by atoms with Crippen LogP contribution in [0.15, 0.2) is 52.3 Å². The Morgan fingerprint density at radius 1 is 0.958 bits per heavy atom. The summed E-state index contributed by atoms with van der Waals surface area (Å²) in [6.45, 7) is 3.13. The number of anilines is 2. The standard InChI is InChI=1S/C20H23NO2S/c1-2-3-4-5-8-13-21-17-9-6-7-10-19(17)24(23)20-14-16(15-22)11-12-18(20)21/h6-7,9-12,14-15H,2-5,8,13H2,1H3. The van der Waals surface area contributed by atoms with E-state index in [0.717, 1.165) is 40.4 Å². The predicted molar refractivity (Wildman–Crippen MR) is 98.7 cm³/mol. The molecule has 3 nitrogen and oxygen atoms in total. The highest BCUT2D eigenvalue weighted by Gasteiger charge is 2.27. The molecule has 0 radical (unpaired) electrons. The molecule has 1 atom stereocenters. The van der Waals surface area contributed by atoms with Gasteiger partial charge in [-0.3, -0.25) is 4.79 Å². The number of para-hydroxylation sites is 1. The summed E-state index contributed by atoms with van der Waals surface area (Å²) in [6, 6.07) is 13.4. The zero-order valence-electron chi connectivity index (χ0n) is 14.0. The van der Waals surface area contributed by atoms with Gasteiger partial charge in [0.1, 0.15) is 6.29 Å². The van der Waals surface area contributed by atoms with Gasteiger partial charge >= 0.3 is 0 Å². The summed E-state index contributed by atoms with van der Waals surface area (Å²) in [6.07, 6.45) is 6.90. The monoisotopic (exact) mass is 341 g/mol. The number of aldehydes is 1. The zero-order chi connectivity index (χ0) is 16.9. The van der Waals surface area contributed by atoms with Gasteiger partial charge in [-0.15, -0.1) is 0 Å². The van der Waals surface area contributed by atoms with E-state index in [0.29, 0.717) is 5.56 Å². The normalized spacial score (nSPS) is 15.7. The van der Waals surface area contributed by atoms with Gasteiger partial charge in [0.25, 0.3) is 0 Å². The molecule has 2 aromatic carbocycles. The van der Waals surface area contributed by atoms with Crippen molar-refractivity contribution < 1.29 is 9.00 Å². The van der Waals surface area contributed by atoms with Crippen molar-refractivity contribution in [2.24, 2.45) is 0 Å². The third kappa shape index (κ3) is 3.29. The van der Waals surface area contributed by atoms with Crippen molar-refractivity contribution in [2.45, 2.75) is 48.8 Å². The quantitative estimate of drug-likeness (QED) is 0.520. The minimum Gasteiger partial charge on any atom is -0.339 e. The van der Waals surface area contributed by atoms with E-state index in [1.54, 1.807) is 12.1 Å². The van der Waals surface area contributed by atoms with Gasteiger partial charge in [0.05, 0.1) is 32.0 Å². The maximum atomic E-state index is 12.9. The summed E-state index contributed by atoms with van der Waals surface area (Å²) in [5, 5.41) is 0. The Kier molecular flexibility index (Phi) is 5.46. The molecule has 2 aromatic rings. The van der Waals surface area contributed by atoms with E-state index in [2.05, 4.69) is 11.8 Å². The van der Waals surface area contributed by atoms with Crippen molar-refractivity contribution in [3.05, 3.63) is 48.0 Å². The molecule has 24 heavy (non-hydrogen) atoms. The number of nitrogens with zero attached hydrogens (tertiary/aromatic N) is 1. The molecule has 0 N–H and O–H groups in total. The predicted octanol–water partition coefficient (Wildman–Crippen LogP) is 5.09. The van der Waals surface area contributed by atoms with Crippen molar-refractivity contribution in [2.75, 3.05) is 11.4 Å². The molecular formula is C20H23NO2S. The molecule has 1 heterocycles. The third-order valence-electron chi connectivity index (χ3n) is 4.45. The van der Waals surface area contributed by atoms with Crippen LogP contribution in [0.3, 0.4) is 0 Å². The van der Waals surface area contributed by atoms with Crippen LogP contribution in [-0.4, -0.2) is 17.0 Å². The average Bonchev–Trinajstić information content (AvgIpc) is 2.63. The van der Waals surface area contributed by atoms with Gasteiger partial charge in [-0.25, -0.2) is 4.21 Å². The van der Waals surface area contributed by atoms with Crippen molar-refractivity contribution in [3.63, 3.8) is 0 Å². The first-order chi connectivity index (χ1) is 11.8. The minimum atomic E-state index is -1.23. The van der Waals surface area contributed by atoms with Crippen molar-refractivity contribution in [3.8, 4) is 0 Å². The number of carbonyl (C=O) groups excluding carboxylic acids is 1. The fraction of sp³-hybridized carbons (Fsp3) is 0.350. The summed E-state index contributed by atoms with van der Waals surface area (Å²) in [7, 11) is -1.23. The fourth-order valence-corrected chi connectivity index (χ4v) is 4.59. The Balaban J connectivity index is 1.92. The van der Waals surface area contributed by atoms with Gasteiger partial charge in [-0.2, -0.15) is 0 Å². The molecule has 0 fully saturated rings. The van der Waals surface area contributed by atoms with Gasteiger partial charge in [-0.1, -0.05) is 44.7 Å². The molecular weight excluding hydrogens is 318 g/mol. The molecule has 0 bridgehead atoms. The summed E-state index contributed by atoms with van der Waals surface area (Å²) >= 11 is 0. The molecule has 0 saturated carbocycles. The number of benzene rings is 2. The van der Waals surface area contributed by atoms with Gasteiger partial charge in [0.15, 0.2) is 0 Å². The van der Waals surface area contributed by atoms with Crippen LogP contribution in [0, 0.1) is 0 Å². The molecule has 3 rings (SSSR count). The number of rotatable bonds is 7. The highest BCUT2D eigenvalue weighted by Crippen LogP contribution is 2.42. The lowest BCUT2D eigenvalue weighted by Crippen LogP contribution is -2.25. The van der Waals surface area contributed by atoms with Crippen LogP contribution < -0.4 is 4.90 Å². The van der Waals surface area contributed by atoms with E-state index in [4.69, 9.17) is 0 Å².